The average molecular weight is 431 g/mol. The van der Waals surface area contributed by atoms with Gasteiger partial charge < -0.3 is 9.88 Å². The maximum absolute atomic E-state index is 12.1. The fourth-order valence-electron chi connectivity index (χ4n) is 3.57. The van der Waals surface area contributed by atoms with Crippen LogP contribution in [0, 0.1) is 6.92 Å². The highest BCUT2D eigenvalue weighted by Gasteiger charge is 2.13. The summed E-state index contributed by atoms with van der Waals surface area (Å²) in [6, 6.07) is 25.6. The number of anilines is 1. The maximum atomic E-state index is 12.1. The summed E-state index contributed by atoms with van der Waals surface area (Å²) in [6.45, 7) is 2.86. The van der Waals surface area contributed by atoms with Gasteiger partial charge in [-0.15, -0.1) is 0 Å². The van der Waals surface area contributed by atoms with Crippen LogP contribution in [0.2, 0.25) is 5.02 Å². The minimum atomic E-state index is -0.211. The second-order valence-corrected chi connectivity index (χ2v) is 7.61. The van der Waals surface area contributed by atoms with E-state index in [0.717, 1.165) is 38.4 Å². The fraction of sp³-hybridized carbons (Fsp3) is 0.120. The Morgan fingerprint density at radius 3 is 2.52 bits per heavy atom. The molecule has 5 nitrogen and oxygen atoms in total. The van der Waals surface area contributed by atoms with Crippen molar-refractivity contribution in [2.75, 3.05) is 11.9 Å². The zero-order valence-electron chi connectivity index (χ0n) is 17.2. The second kappa shape index (κ2) is 9.49. The van der Waals surface area contributed by atoms with E-state index in [0.29, 0.717) is 6.54 Å². The van der Waals surface area contributed by atoms with Crippen molar-refractivity contribution in [1.82, 2.24) is 9.99 Å². The number of nitrogens with zero attached hydrogens (tertiary/aromatic N) is 2. The number of para-hydroxylation sites is 2. The zero-order valence-corrected chi connectivity index (χ0v) is 17.9. The van der Waals surface area contributed by atoms with Crippen molar-refractivity contribution in [3.63, 3.8) is 0 Å². The van der Waals surface area contributed by atoms with Gasteiger partial charge in [-0.05, 0) is 36.8 Å². The number of halogens is 1. The Morgan fingerprint density at radius 2 is 1.71 bits per heavy atom. The van der Waals surface area contributed by atoms with Crippen molar-refractivity contribution in [1.29, 1.82) is 0 Å². The lowest BCUT2D eigenvalue weighted by molar-refractivity contribution is -0.119. The van der Waals surface area contributed by atoms with Crippen LogP contribution in [0.15, 0.2) is 84.0 Å². The number of benzene rings is 3. The number of carbonyl (C=O) groups is 1. The third-order valence-corrected chi connectivity index (χ3v) is 5.54. The predicted octanol–water partition coefficient (Wildman–Crippen LogP) is 5.21. The van der Waals surface area contributed by atoms with Crippen LogP contribution in [0.25, 0.3) is 10.9 Å². The molecule has 1 heterocycles. The van der Waals surface area contributed by atoms with Gasteiger partial charge in [0.25, 0.3) is 5.91 Å². The topological polar surface area (TPSA) is 58.4 Å². The highest BCUT2D eigenvalue weighted by molar-refractivity contribution is 6.31. The van der Waals surface area contributed by atoms with Crippen LogP contribution in [0.4, 0.5) is 5.69 Å². The molecule has 6 heteroatoms. The van der Waals surface area contributed by atoms with Gasteiger partial charge in [0, 0.05) is 39.4 Å². The SMILES string of the molecule is Cc1c(/C=N\NC(=O)CNc2ccccc2)c2ccccc2n1Cc1ccccc1Cl. The van der Waals surface area contributed by atoms with E-state index in [1.165, 1.54) is 0 Å². The van der Waals surface area contributed by atoms with E-state index in [1.807, 2.05) is 66.7 Å². The first-order valence-electron chi connectivity index (χ1n) is 10.1. The number of fused-ring (bicyclic) bond motifs is 1. The number of carbonyl (C=O) groups excluding carboxylic acids is 1. The van der Waals surface area contributed by atoms with Crippen LogP contribution in [-0.4, -0.2) is 23.2 Å². The van der Waals surface area contributed by atoms with Crippen molar-refractivity contribution < 1.29 is 4.79 Å². The molecular weight excluding hydrogens is 408 g/mol. The normalized spacial score (nSPS) is 11.2. The fourth-order valence-corrected chi connectivity index (χ4v) is 3.76. The van der Waals surface area contributed by atoms with Crippen molar-refractivity contribution in [2.45, 2.75) is 13.5 Å². The Kier molecular flexibility index (Phi) is 6.34. The molecule has 31 heavy (non-hydrogen) atoms. The molecule has 0 aliphatic heterocycles. The van der Waals surface area contributed by atoms with Crippen molar-refractivity contribution in [3.05, 3.63) is 101 Å². The number of nitrogens with one attached hydrogen (secondary N) is 2. The summed E-state index contributed by atoms with van der Waals surface area (Å²) >= 11 is 6.38. The number of hydrogen-bond donors (Lipinski definition) is 2. The van der Waals surface area contributed by atoms with Gasteiger partial charge in [0.2, 0.25) is 0 Å². The molecule has 4 rings (SSSR count). The zero-order chi connectivity index (χ0) is 21.6. The van der Waals surface area contributed by atoms with Gasteiger partial charge in [0.15, 0.2) is 0 Å². The van der Waals surface area contributed by atoms with Crippen molar-refractivity contribution in [2.24, 2.45) is 5.10 Å². The molecule has 1 aromatic heterocycles. The molecule has 0 atom stereocenters. The molecule has 0 spiro atoms. The van der Waals surface area contributed by atoms with E-state index >= 15 is 0 Å². The van der Waals surface area contributed by atoms with E-state index < -0.39 is 0 Å². The van der Waals surface area contributed by atoms with Crippen LogP contribution < -0.4 is 10.7 Å². The third-order valence-electron chi connectivity index (χ3n) is 5.18. The second-order valence-electron chi connectivity index (χ2n) is 7.21. The lowest BCUT2D eigenvalue weighted by Crippen LogP contribution is -2.25. The molecule has 0 aliphatic rings. The van der Waals surface area contributed by atoms with E-state index in [4.69, 9.17) is 11.6 Å². The summed E-state index contributed by atoms with van der Waals surface area (Å²) in [7, 11) is 0. The first-order valence-corrected chi connectivity index (χ1v) is 10.4. The third kappa shape index (κ3) is 4.78. The lowest BCUT2D eigenvalue weighted by Gasteiger charge is -2.10. The Labute approximate surface area is 186 Å². The van der Waals surface area contributed by atoms with Crippen LogP contribution in [0.3, 0.4) is 0 Å². The molecule has 0 saturated carbocycles. The summed E-state index contributed by atoms with van der Waals surface area (Å²) in [5.74, 6) is -0.211. The summed E-state index contributed by atoms with van der Waals surface area (Å²) in [4.78, 5) is 12.1. The molecule has 156 valence electrons. The average Bonchev–Trinajstić information content (AvgIpc) is 3.06. The van der Waals surface area contributed by atoms with Gasteiger partial charge in [-0.3, -0.25) is 4.79 Å². The van der Waals surface area contributed by atoms with Crippen LogP contribution in [0.5, 0.6) is 0 Å². The van der Waals surface area contributed by atoms with Crippen LogP contribution >= 0.6 is 11.6 Å². The first-order chi connectivity index (χ1) is 15.1. The van der Waals surface area contributed by atoms with Crippen LogP contribution in [-0.2, 0) is 11.3 Å². The standard InChI is InChI=1S/C25H23ClN4O/c1-18-22(15-28-29-25(31)16-27-20-10-3-2-4-11-20)21-12-6-8-14-24(21)30(18)17-19-9-5-7-13-23(19)26/h2-15,27H,16-17H2,1H3,(H,29,31)/b28-15-. The quantitative estimate of drug-likeness (QED) is 0.312. The first kappa shape index (κ1) is 20.7. The minimum Gasteiger partial charge on any atom is -0.376 e. The Hall–Kier alpha value is -3.57. The number of rotatable bonds is 7. The molecule has 0 unspecified atom stereocenters. The monoisotopic (exact) mass is 430 g/mol. The number of amides is 1. The van der Waals surface area contributed by atoms with Gasteiger partial charge in [0.1, 0.15) is 0 Å². The summed E-state index contributed by atoms with van der Waals surface area (Å²) in [5.41, 5.74) is 7.66. The molecular formula is C25H23ClN4O. The van der Waals surface area contributed by atoms with Gasteiger partial charge in [-0.2, -0.15) is 5.10 Å². The molecule has 0 saturated heterocycles. The smallest absolute Gasteiger partial charge is 0.259 e. The van der Waals surface area contributed by atoms with Gasteiger partial charge in [0.05, 0.1) is 12.8 Å². The van der Waals surface area contributed by atoms with E-state index in [9.17, 15) is 4.79 Å². The minimum absolute atomic E-state index is 0.147. The van der Waals surface area contributed by atoms with E-state index in [-0.39, 0.29) is 12.5 Å². The summed E-state index contributed by atoms with van der Waals surface area (Å²) in [5, 5.41) is 9.09. The van der Waals surface area contributed by atoms with E-state index in [1.54, 1.807) is 6.21 Å². The summed E-state index contributed by atoms with van der Waals surface area (Å²) < 4.78 is 2.22. The highest BCUT2D eigenvalue weighted by Crippen LogP contribution is 2.27. The predicted molar refractivity (Wildman–Crippen MR) is 128 cm³/mol. The number of hydrogen-bond acceptors (Lipinski definition) is 3. The molecule has 0 bridgehead atoms. The number of hydrazone groups is 1. The Balaban J connectivity index is 1.52. The Bertz CT molecular complexity index is 1230. The molecule has 0 aliphatic carbocycles. The largest absolute Gasteiger partial charge is 0.376 e. The number of aromatic nitrogens is 1. The van der Waals surface area contributed by atoms with E-state index in [2.05, 4.69) is 39.5 Å². The van der Waals surface area contributed by atoms with Gasteiger partial charge in [-0.1, -0.05) is 66.2 Å². The molecule has 3 aromatic carbocycles. The van der Waals surface area contributed by atoms with Gasteiger partial charge >= 0.3 is 0 Å². The molecule has 1 amide bonds. The Morgan fingerprint density at radius 1 is 1.00 bits per heavy atom. The maximum Gasteiger partial charge on any atom is 0.259 e. The highest BCUT2D eigenvalue weighted by atomic mass is 35.5. The molecule has 2 N–H and O–H groups in total. The van der Waals surface area contributed by atoms with Crippen molar-refractivity contribution in [3.8, 4) is 0 Å². The summed E-state index contributed by atoms with van der Waals surface area (Å²) in [6.07, 6.45) is 1.71. The van der Waals surface area contributed by atoms with Crippen LogP contribution in [0.1, 0.15) is 16.8 Å². The van der Waals surface area contributed by atoms with Gasteiger partial charge in [-0.25, -0.2) is 5.43 Å². The van der Waals surface area contributed by atoms with Crippen molar-refractivity contribution >= 4 is 40.3 Å². The molecule has 4 aromatic rings. The molecule has 0 radical (unpaired) electrons. The molecule has 0 fully saturated rings. The lowest BCUT2D eigenvalue weighted by atomic mass is 10.1.